The molecule has 2 aromatic rings. The van der Waals surface area contributed by atoms with E-state index in [-0.39, 0.29) is 0 Å². The van der Waals surface area contributed by atoms with Crippen molar-refractivity contribution >= 4 is 44.3 Å². The molecule has 0 amide bonds. The van der Waals surface area contributed by atoms with Gasteiger partial charge in [-0.1, -0.05) is 47.5 Å². The van der Waals surface area contributed by atoms with Crippen LogP contribution in [0.1, 0.15) is 16.7 Å². The Labute approximate surface area is 125 Å². The van der Waals surface area contributed by atoms with Crippen molar-refractivity contribution in [2.75, 3.05) is 5.50 Å². The van der Waals surface area contributed by atoms with E-state index in [1.807, 2.05) is 24.3 Å². The smallest absolute Gasteiger partial charge is 0.0726 e. The first kappa shape index (κ1) is 13.9. The molecule has 0 spiro atoms. The van der Waals surface area contributed by atoms with Crippen LogP contribution in [0.2, 0.25) is 10.0 Å². The zero-order valence-electron chi connectivity index (χ0n) is 9.54. The van der Waals surface area contributed by atoms with Crippen molar-refractivity contribution in [1.29, 1.82) is 0 Å². The van der Waals surface area contributed by atoms with E-state index in [1.54, 1.807) is 0 Å². The number of hydrogen-bond donors (Lipinski definition) is 0. The Morgan fingerprint density at radius 1 is 0.778 bits per heavy atom. The van der Waals surface area contributed by atoms with Crippen LogP contribution in [-0.2, 0) is 0 Å². The van der Waals surface area contributed by atoms with Gasteiger partial charge in [-0.25, -0.2) is 0 Å². The fourth-order valence-electron chi connectivity index (χ4n) is 1.82. The summed E-state index contributed by atoms with van der Waals surface area (Å²) in [6.07, 6.45) is 0. The van der Waals surface area contributed by atoms with Gasteiger partial charge in [0, 0.05) is 21.1 Å². The standard InChI is InChI=1S/C14H11Cl3Si/c15-9-18-14(10-1-5-12(16)6-2-10)11-3-7-13(17)8-4-11/h1-8,14H,9H2. The summed E-state index contributed by atoms with van der Waals surface area (Å²) in [7, 11) is 0.634. The van der Waals surface area contributed by atoms with Crippen molar-refractivity contribution in [2.24, 2.45) is 0 Å². The number of alkyl halides is 1. The minimum Gasteiger partial charge on any atom is -0.131 e. The van der Waals surface area contributed by atoms with Gasteiger partial charge in [0.15, 0.2) is 0 Å². The van der Waals surface area contributed by atoms with E-state index < -0.39 is 0 Å². The van der Waals surface area contributed by atoms with Crippen molar-refractivity contribution < 1.29 is 0 Å². The molecule has 0 heterocycles. The van der Waals surface area contributed by atoms with Gasteiger partial charge in [-0.05, 0) is 35.4 Å². The molecule has 0 aliphatic heterocycles. The number of hydrogen-bond acceptors (Lipinski definition) is 0. The van der Waals surface area contributed by atoms with E-state index in [0.29, 0.717) is 20.6 Å². The van der Waals surface area contributed by atoms with E-state index in [0.717, 1.165) is 10.0 Å². The van der Waals surface area contributed by atoms with Gasteiger partial charge in [0.1, 0.15) is 0 Å². The second-order valence-corrected chi connectivity index (χ2v) is 6.80. The molecule has 0 nitrogen and oxygen atoms in total. The summed E-state index contributed by atoms with van der Waals surface area (Å²) >= 11 is 17.8. The molecule has 2 radical (unpaired) electrons. The molecule has 4 heteroatoms. The second-order valence-electron chi connectivity index (χ2n) is 3.87. The lowest BCUT2D eigenvalue weighted by molar-refractivity contribution is 1.12. The van der Waals surface area contributed by atoms with Crippen LogP contribution in [0.3, 0.4) is 0 Å². The Balaban J connectivity index is 2.33. The zero-order valence-corrected chi connectivity index (χ0v) is 12.8. The van der Waals surface area contributed by atoms with Crippen LogP contribution in [0.25, 0.3) is 0 Å². The molecule has 2 aromatic carbocycles. The van der Waals surface area contributed by atoms with Crippen molar-refractivity contribution in [2.45, 2.75) is 5.54 Å². The predicted molar refractivity (Wildman–Crippen MR) is 81.2 cm³/mol. The first-order valence-electron chi connectivity index (χ1n) is 5.51. The SMILES string of the molecule is ClC[Si]C(c1ccc(Cl)cc1)c1ccc(Cl)cc1. The third kappa shape index (κ3) is 3.52. The average molecular weight is 314 g/mol. The fourth-order valence-corrected chi connectivity index (χ4v) is 3.54. The highest BCUT2D eigenvalue weighted by molar-refractivity contribution is 6.52. The second kappa shape index (κ2) is 6.62. The number of halogens is 3. The third-order valence-electron chi connectivity index (χ3n) is 2.69. The molecule has 0 N–H and O–H groups in total. The van der Waals surface area contributed by atoms with Crippen molar-refractivity contribution in [3.05, 3.63) is 69.7 Å². The van der Waals surface area contributed by atoms with Crippen LogP contribution < -0.4 is 0 Å². The van der Waals surface area contributed by atoms with Crippen LogP contribution in [-0.4, -0.2) is 15.0 Å². The topological polar surface area (TPSA) is 0 Å². The molecular weight excluding hydrogens is 303 g/mol. The summed E-state index contributed by atoms with van der Waals surface area (Å²) in [5, 5.41) is 1.51. The Morgan fingerprint density at radius 2 is 1.17 bits per heavy atom. The van der Waals surface area contributed by atoms with Crippen LogP contribution >= 0.6 is 34.8 Å². The normalized spacial score (nSPS) is 10.9. The monoisotopic (exact) mass is 312 g/mol. The quantitative estimate of drug-likeness (QED) is 0.551. The third-order valence-corrected chi connectivity index (χ3v) is 4.88. The molecule has 18 heavy (non-hydrogen) atoms. The number of rotatable bonds is 4. The van der Waals surface area contributed by atoms with Gasteiger partial charge >= 0.3 is 0 Å². The van der Waals surface area contributed by atoms with Gasteiger partial charge in [0.2, 0.25) is 0 Å². The van der Waals surface area contributed by atoms with Gasteiger partial charge < -0.3 is 0 Å². The molecule has 2 rings (SSSR count). The first-order valence-corrected chi connectivity index (χ1v) is 8.08. The fraction of sp³-hybridized carbons (Fsp3) is 0.143. The van der Waals surface area contributed by atoms with Gasteiger partial charge in [-0.15, -0.1) is 11.6 Å². The molecule has 0 unspecified atom stereocenters. The maximum absolute atomic E-state index is 5.92. The summed E-state index contributed by atoms with van der Waals surface area (Å²) in [6.45, 7) is 0. The lowest BCUT2D eigenvalue weighted by Gasteiger charge is -2.16. The minimum atomic E-state index is 0.317. The Morgan fingerprint density at radius 3 is 1.50 bits per heavy atom. The average Bonchev–Trinajstić information content (AvgIpc) is 2.39. The number of benzene rings is 2. The maximum Gasteiger partial charge on any atom is 0.0726 e. The van der Waals surface area contributed by atoms with Crippen molar-refractivity contribution in [3.8, 4) is 0 Å². The van der Waals surface area contributed by atoms with Crippen LogP contribution in [0.5, 0.6) is 0 Å². The molecular formula is C14H11Cl3Si. The van der Waals surface area contributed by atoms with Gasteiger partial charge in [-0.3, -0.25) is 0 Å². The van der Waals surface area contributed by atoms with E-state index in [2.05, 4.69) is 24.3 Å². The largest absolute Gasteiger partial charge is 0.131 e. The van der Waals surface area contributed by atoms with E-state index in [9.17, 15) is 0 Å². The van der Waals surface area contributed by atoms with Gasteiger partial charge in [0.25, 0.3) is 0 Å². The lowest BCUT2D eigenvalue weighted by atomic mass is 10.0. The van der Waals surface area contributed by atoms with Crippen molar-refractivity contribution in [1.82, 2.24) is 0 Å². The van der Waals surface area contributed by atoms with Gasteiger partial charge in [-0.2, -0.15) is 0 Å². The van der Waals surface area contributed by atoms with E-state index in [4.69, 9.17) is 34.8 Å². The Kier molecular flexibility index (Phi) is 5.13. The summed E-state index contributed by atoms with van der Waals surface area (Å²) in [6, 6.07) is 15.9. The van der Waals surface area contributed by atoms with Crippen molar-refractivity contribution in [3.63, 3.8) is 0 Å². The highest BCUT2D eigenvalue weighted by Gasteiger charge is 2.14. The molecule has 92 valence electrons. The van der Waals surface area contributed by atoms with Crippen LogP contribution in [0.15, 0.2) is 48.5 Å². The molecule has 0 aliphatic rings. The summed E-state index contributed by atoms with van der Waals surface area (Å²) < 4.78 is 0. The van der Waals surface area contributed by atoms with Gasteiger partial charge in [0.05, 0.1) is 9.52 Å². The Bertz CT molecular complexity index is 448. The molecule has 0 saturated heterocycles. The first-order chi connectivity index (χ1) is 8.70. The van der Waals surface area contributed by atoms with E-state index in [1.165, 1.54) is 11.1 Å². The molecule has 0 atom stereocenters. The Hall–Kier alpha value is -0.473. The maximum atomic E-state index is 5.92. The molecule has 0 fully saturated rings. The zero-order chi connectivity index (χ0) is 13.0. The lowest BCUT2D eigenvalue weighted by Crippen LogP contribution is -2.11. The van der Waals surface area contributed by atoms with E-state index >= 15 is 0 Å². The summed E-state index contributed by atoms with van der Waals surface area (Å²) in [5.74, 6) is 0. The van der Waals surface area contributed by atoms with Crippen LogP contribution in [0.4, 0.5) is 0 Å². The highest BCUT2D eigenvalue weighted by atomic mass is 35.5. The predicted octanol–water partition coefficient (Wildman–Crippen LogP) is 4.98. The van der Waals surface area contributed by atoms with Crippen LogP contribution in [0, 0.1) is 0 Å². The molecule has 0 aliphatic carbocycles. The highest BCUT2D eigenvalue weighted by Crippen LogP contribution is 2.26. The summed E-state index contributed by atoms with van der Waals surface area (Å²) in [5.41, 5.74) is 3.44. The molecule has 0 bridgehead atoms. The molecule has 0 saturated carbocycles. The minimum absolute atomic E-state index is 0.317. The molecule has 0 aromatic heterocycles. The summed E-state index contributed by atoms with van der Waals surface area (Å²) in [4.78, 5) is 0.